The van der Waals surface area contributed by atoms with E-state index in [1.165, 1.54) is 23.5 Å². The van der Waals surface area contributed by atoms with E-state index in [0.717, 1.165) is 5.56 Å². The van der Waals surface area contributed by atoms with Crippen LogP contribution in [0.25, 0.3) is 0 Å². The van der Waals surface area contributed by atoms with Crippen LogP contribution < -0.4 is 0 Å². The summed E-state index contributed by atoms with van der Waals surface area (Å²) < 4.78 is 13.0. The maximum Gasteiger partial charge on any atom is 0.234 e. The van der Waals surface area contributed by atoms with Crippen LogP contribution in [-0.2, 0) is 16.1 Å². The summed E-state index contributed by atoms with van der Waals surface area (Å²) in [5.74, 6) is 1.12. The zero-order valence-corrected chi connectivity index (χ0v) is 12.0. The molecule has 2 amide bonds. The third-order valence-electron chi connectivity index (χ3n) is 6.01. The molecule has 0 N–H and O–H groups in total. The van der Waals surface area contributed by atoms with Crippen LogP contribution in [0, 0.1) is 41.3 Å². The molecule has 1 saturated heterocycles. The van der Waals surface area contributed by atoms with Gasteiger partial charge in [0, 0.05) is 0 Å². The van der Waals surface area contributed by atoms with Crippen molar-refractivity contribution < 1.29 is 14.0 Å². The molecule has 1 aromatic carbocycles. The predicted octanol–water partition coefficient (Wildman–Crippen LogP) is 2.38. The van der Waals surface area contributed by atoms with Crippen molar-refractivity contribution >= 4 is 11.8 Å². The molecule has 2 bridgehead atoms. The monoisotopic (exact) mass is 297 g/mol. The zero-order valence-electron chi connectivity index (χ0n) is 12.0. The molecule has 0 unspecified atom stereocenters. The Kier molecular flexibility index (Phi) is 2.32. The lowest BCUT2D eigenvalue weighted by Crippen LogP contribution is -2.40. The fourth-order valence-electron chi connectivity index (χ4n) is 4.95. The van der Waals surface area contributed by atoms with Gasteiger partial charge in [0.05, 0.1) is 18.4 Å². The van der Waals surface area contributed by atoms with Crippen molar-refractivity contribution in [3.8, 4) is 0 Å². The highest BCUT2D eigenvalue weighted by Gasteiger charge is 2.66. The third-order valence-corrected chi connectivity index (χ3v) is 6.01. The highest BCUT2D eigenvalue weighted by molar-refractivity contribution is 6.06. The standard InChI is InChI=1S/C18H16FNO2/c19-10-3-1-9(2-4-10)8-20-17(21)15-11-5-6-12(14-7-13(11)14)16(15)18(20)22/h1-6,11-16H,7-8H2/t11-,12-,13-,14+,15-,16-/m1/s1. The molecule has 3 fully saturated rings. The highest BCUT2D eigenvalue weighted by Crippen LogP contribution is 2.65. The van der Waals surface area contributed by atoms with E-state index in [1.54, 1.807) is 12.1 Å². The number of nitrogens with zero attached hydrogens (tertiary/aromatic N) is 1. The van der Waals surface area contributed by atoms with E-state index in [9.17, 15) is 14.0 Å². The molecule has 5 aliphatic rings. The van der Waals surface area contributed by atoms with Gasteiger partial charge in [-0.1, -0.05) is 24.3 Å². The summed E-state index contributed by atoms with van der Waals surface area (Å²) in [6.45, 7) is 0.264. The molecule has 112 valence electrons. The molecule has 6 rings (SSSR count). The van der Waals surface area contributed by atoms with E-state index in [0.29, 0.717) is 11.8 Å². The third kappa shape index (κ3) is 1.50. The van der Waals surface area contributed by atoms with Gasteiger partial charge in [0.2, 0.25) is 11.8 Å². The van der Waals surface area contributed by atoms with Gasteiger partial charge in [-0.05, 0) is 47.8 Å². The Bertz CT molecular complexity index is 674. The minimum absolute atomic E-state index is 0.0241. The summed E-state index contributed by atoms with van der Waals surface area (Å²) in [4.78, 5) is 26.9. The second-order valence-electron chi connectivity index (χ2n) is 7.04. The summed E-state index contributed by atoms with van der Waals surface area (Å²) in [7, 11) is 0. The zero-order chi connectivity index (χ0) is 15.0. The van der Waals surface area contributed by atoms with Crippen LogP contribution in [0.15, 0.2) is 36.4 Å². The Balaban J connectivity index is 1.46. The Hall–Kier alpha value is -1.97. The second-order valence-corrected chi connectivity index (χ2v) is 7.04. The first-order chi connectivity index (χ1) is 10.6. The van der Waals surface area contributed by atoms with Crippen LogP contribution in [0.2, 0.25) is 0 Å². The predicted molar refractivity (Wildman–Crippen MR) is 76.7 cm³/mol. The highest BCUT2D eigenvalue weighted by atomic mass is 19.1. The Labute approximate surface area is 127 Å². The van der Waals surface area contributed by atoms with Gasteiger partial charge in [-0.15, -0.1) is 0 Å². The average Bonchev–Trinajstić information content (AvgIpc) is 3.30. The molecule has 1 aromatic rings. The first-order valence-electron chi connectivity index (χ1n) is 7.93. The van der Waals surface area contributed by atoms with Crippen LogP contribution in [-0.4, -0.2) is 16.7 Å². The smallest absolute Gasteiger partial charge is 0.234 e. The fraction of sp³-hybridized carbons (Fsp3) is 0.444. The van der Waals surface area contributed by atoms with Gasteiger partial charge in [-0.2, -0.15) is 0 Å². The minimum Gasteiger partial charge on any atom is -0.278 e. The Morgan fingerprint density at radius 2 is 1.50 bits per heavy atom. The molecule has 4 aliphatic carbocycles. The molecule has 1 heterocycles. The lowest BCUT2D eigenvalue weighted by atomic mass is 9.63. The molecular weight excluding hydrogens is 281 g/mol. The van der Waals surface area contributed by atoms with E-state index in [-0.39, 0.29) is 47.8 Å². The van der Waals surface area contributed by atoms with E-state index >= 15 is 0 Å². The summed E-state index contributed by atoms with van der Waals surface area (Å²) in [5, 5.41) is 0. The molecule has 0 aromatic heterocycles. The fourth-order valence-corrected chi connectivity index (χ4v) is 4.95. The van der Waals surface area contributed by atoms with Crippen molar-refractivity contribution in [1.82, 2.24) is 4.90 Å². The number of allylic oxidation sites excluding steroid dienone is 2. The lowest BCUT2D eigenvalue weighted by Gasteiger charge is -2.37. The van der Waals surface area contributed by atoms with Crippen molar-refractivity contribution in [2.24, 2.45) is 35.5 Å². The molecule has 4 heteroatoms. The van der Waals surface area contributed by atoms with Crippen LogP contribution >= 0.6 is 0 Å². The van der Waals surface area contributed by atoms with Crippen molar-refractivity contribution in [2.75, 3.05) is 0 Å². The van der Waals surface area contributed by atoms with Crippen molar-refractivity contribution in [2.45, 2.75) is 13.0 Å². The summed E-state index contributed by atoms with van der Waals surface area (Å²) >= 11 is 0. The van der Waals surface area contributed by atoms with Gasteiger partial charge in [-0.25, -0.2) is 4.39 Å². The molecule has 3 nitrogen and oxygen atoms in total. The SMILES string of the molecule is O=C1[C@@H]2[C@@H]3C=C[C@H]([C@@H]4C[C@H]34)[C@H]2C(=O)N1Cc1ccc(F)cc1. The van der Waals surface area contributed by atoms with Gasteiger partial charge in [0.1, 0.15) is 5.82 Å². The second kappa shape index (κ2) is 4.06. The number of hydrogen-bond donors (Lipinski definition) is 0. The maximum atomic E-state index is 13.0. The van der Waals surface area contributed by atoms with Crippen LogP contribution in [0.5, 0.6) is 0 Å². The van der Waals surface area contributed by atoms with Gasteiger partial charge in [-0.3, -0.25) is 14.5 Å². The molecule has 0 spiro atoms. The number of likely N-dealkylation sites (tertiary alicyclic amines) is 1. The topological polar surface area (TPSA) is 37.4 Å². The van der Waals surface area contributed by atoms with Gasteiger partial charge in [0.25, 0.3) is 0 Å². The number of hydrogen-bond acceptors (Lipinski definition) is 2. The summed E-state index contributed by atoms with van der Waals surface area (Å²) in [6.07, 6.45) is 5.52. The normalized spacial score (nSPS) is 40.9. The average molecular weight is 297 g/mol. The van der Waals surface area contributed by atoms with E-state index in [4.69, 9.17) is 0 Å². The van der Waals surface area contributed by atoms with Crippen molar-refractivity contribution in [3.05, 3.63) is 47.8 Å². The minimum atomic E-state index is -0.307. The van der Waals surface area contributed by atoms with Crippen molar-refractivity contribution in [3.63, 3.8) is 0 Å². The Morgan fingerprint density at radius 3 is 2.05 bits per heavy atom. The first-order valence-corrected chi connectivity index (χ1v) is 7.93. The largest absolute Gasteiger partial charge is 0.278 e. The molecule has 22 heavy (non-hydrogen) atoms. The number of carbonyl (C=O) groups excluding carboxylic acids is 2. The quantitative estimate of drug-likeness (QED) is 0.621. The molecular formula is C18H16FNO2. The number of rotatable bonds is 2. The maximum absolute atomic E-state index is 13.0. The number of benzene rings is 1. The summed E-state index contributed by atoms with van der Waals surface area (Å²) in [5.41, 5.74) is 0.798. The lowest BCUT2D eigenvalue weighted by molar-refractivity contribution is -0.140. The van der Waals surface area contributed by atoms with E-state index in [1.807, 2.05) is 0 Å². The van der Waals surface area contributed by atoms with Crippen molar-refractivity contribution in [1.29, 1.82) is 0 Å². The van der Waals surface area contributed by atoms with Crippen LogP contribution in [0.3, 0.4) is 0 Å². The number of halogens is 1. The van der Waals surface area contributed by atoms with Gasteiger partial charge >= 0.3 is 0 Å². The van der Waals surface area contributed by atoms with E-state index < -0.39 is 0 Å². The Morgan fingerprint density at radius 1 is 0.955 bits per heavy atom. The molecule has 1 aliphatic heterocycles. The van der Waals surface area contributed by atoms with Crippen LogP contribution in [0.1, 0.15) is 12.0 Å². The van der Waals surface area contributed by atoms with Crippen LogP contribution in [0.4, 0.5) is 4.39 Å². The van der Waals surface area contributed by atoms with E-state index in [2.05, 4.69) is 12.2 Å². The number of amides is 2. The molecule has 2 saturated carbocycles. The molecule has 0 radical (unpaired) electrons. The first kappa shape index (κ1) is 12.6. The van der Waals surface area contributed by atoms with Gasteiger partial charge < -0.3 is 0 Å². The summed E-state index contributed by atoms with van der Waals surface area (Å²) in [6, 6.07) is 6.02. The number of carbonyl (C=O) groups is 2. The van der Waals surface area contributed by atoms with Gasteiger partial charge in [0.15, 0.2) is 0 Å². The molecule has 6 atom stereocenters. The number of imide groups is 1.